The summed E-state index contributed by atoms with van der Waals surface area (Å²) >= 11 is 1.82. The van der Waals surface area contributed by atoms with Crippen molar-refractivity contribution in [1.82, 2.24) is 14.8 Å². The van der Waals surface area contributed by atoms with Crippen molar-refractivity contribution in [3.63, 3.8) is 0 Å². The fourth-order valence-electron chi connectivity index (χ4n) is 3.16. The summed E-state index contributed by atoms with van der Waals surface area (Å²) in [7, 11) is 5.57. The SMILES string of the molecule is CN(CC(=O)N(C)C)Cc1nc2c(s1)C[C@@H](c1ccccc1)CC2. The van der Waals surface area contributed by atoms with Crippen LogP contribution in [0.25, 0.3) is 0 Å². The highest BCUT2D eigenvalue weighted by molar-refractivity contribution is 7.11. The minimum atomic E-state index is 0.128. The maximum atomic E-state index is 11.8. The lowest BCUT2D eigenvalue weighted by molar-refractivity contribution is -0.129. The molecule has 3 rings (SSSR count). The number of likely N-dealkylation sites (N-methyl/N-ethyl adjacent to an activating group) is 2. The van der Waals surface area contributed by atoms with Crippen molar-refractivity contribution in [2.24, 2.45) is 0 Å². The maximum absolute atomic E-state index is 11.8. The van der Waals surface area contributed by atoms with E-state index in [2.05, 4.69) is 30.3 Å². The summed E-state index contributed by atoms with van der Waals surface area (Å²) in [5.74, 6) is 0.739. The number of carbonyl (C=O) groups excluding carboxylic acids is 1. The van der Waals surface area contributed by atoms with Crippen LogP contribution in [0.15, 0.2) is 30.3 Å². The van der Waals surface area contributed by atoms with Crippen molar-refractivity contribution in [2.75, 3.05) is 27.7 Å². The Morgan fingerprint density at radius 1 is 1.25 bits per heavy atom. The molecule has 1 aliphatic carbocycles. The molecule has 24 heavy (non-hydrogen) atoms. The van der Waals surface area contributed by atoms with Crippen LogP contribution in [0.1, 0.15) is 33.5 Å². The molecule has 2 aromatic rings. The molecule has 0 saturated carbocycles. The van der Waals surface area contributed by atoms with Gasteiger partial charge in [-0.2, -0.15) is 0 Å². The largest absolute Gasteiger partial charge is 0.348 e. The van der Waals surface area contributed by atoms with Crippen LogP contribution in [-0.4, -0.2) is 48.4 Å². The van der Waals surface area contributed by atoms with E-state index in [1.165, 1.54) is 22.6 Å². The maximum Gasteiger partial charge on any atom is 0.236 e. The molecular formula is C19H25N3OS. The smallest absolute Gasteiger partial charge is 0.236 e. The molecular weight excluding hydrogens is 318 g/mol. The number of hydrogen-bond donors (Lipinski definition) is 0. The molecule has 1 aromatic heterocycles. The summed E-state index contributed by atoms with van der Waals surface area (Å²) < 4.78 is 0. The zero-order valence-corrected chi connectivity index (χ0v) is 15.5. The number of fused-ring (bicyclic) bond motifs is 1. The Morgan fingerprint density at radius 2 is 2.00 bits per heavy atom. The molecule has 0 spiro atoms. The molecule has 1 atom stereocenters. The number of amides is 1. The van der Waals surface area contributed by atoms with E-state index in [4.69, 9.17) is 4.98 Å². The lowest BCUT2D eigenvalue weighted by Crippen LogP contribution is -2.34. The van der Waals surface area contributed by atoms with Gasteiger partial charge in [0.05, 0.1) is 18.8 Å². The number of benzene rings is 1. The quantitative estimate of drug-likeness (QED) is 0.837. The van der Waals surface area contributed by atoms with Crippen LogP contribution in [0.3, 0.4) is 0 Å². The molecule has 1 amide bonds. The molecule has 0 bridgehead atoms. The lowest BCUT2D eigenvalue weighted by atomic mass is 9.85. The van der Waals surface area contributed by atoms with Crippen molar-refractivity contribution in [3.05, 3.63) is 51.5 Å². The van der Waals surface area contributed by atoms with Gasteiger partial charge in [-0.05, 0) is 37.8 Å². The summed E-state index contributed by atoms with van der Waals surface area (Å²) in [6, 6.07) is 10.8. The van der Waals surface area contributed by atoms with Crippen molar-refractivity contribution < 1.29 is 4.79 Å². The number of aryl methyl sites for hydroxylation is 1. The van der Waals surface area contributed by atoms with Crippen LogP contribution < -0.4 is 0 Å². The van der Waals surface area contributed by atoms with Crippen molar-refractivity contribution in [2.45, 2.75) is 31.7 Å². The molecule has 0 radical (unpaired) electrons. The van der Waals surface area contributed by atoms with E-state index < -0.39 is 0 Å². The van der Waals surface area contributed by atoms with E-state index in [9.17, 15) is 4.79 Å². The molecule has 128 valence electrons. The summed E-state index contributed by atoms with van der Waals surface area (Å²) in [6.45, 7) is 1.18. The van der Waals surface area contributed by atoms with Crippen molar-refractivity contribution in [1.29, 1.82) is 0 Å². The zero-order valence-electron chi connectivity index (χ0n) is 14.7. The second-order valence-electron chi connectivity index (χ2n) is 6.79. The topological polar surface area (TPSA) is 36.4 Å². The van der Waals surface area contributed by atoms with Gasteiger partial charge in [0.25, 0.3) is 0 Å². The number of aromatic nitrogens is 1. The van der Waals surface area contributed by atoms with Gasteiger partial charge in [-0.3, -0.25) is 9.69 Å². The number of carbonyl (C=O) groups is 1. The monoisotopic (exact) mass is 343 g/mol. The molecule has 1 aromatic carbocycles. The predicted octanol–water partition coefficient (Wildman–Crippen LogP) is 2.94. The Kier molecular flexibility index (Phi) is 5.31. The van der Waals surface area contributed by atoms with Gasteiger partial charge in [-0.1, -0.05) is 30.3 Å². The number of hydrogen-bond acceptors (Lipinski definition) is 4. The fourth-order valence-corrected chi connectivity index (χ4v) is 4.44. The minimum absolute atomic E-state index is 0.128. The third kappa shape index (κ3) is 4.02. The van der Waals surface area contributed by atoms with E-state index in [1.54, 1.807) is 19.0 Å². The summed E-state index contributed by atoms with van der Waals surface area (Å²) in [5, 5.41) is 1.13. The van der Waals surface area contributed by atoms with Gasteiger partial charge in [0.15, 0.2) is 0 Å². The Labute approximate surface area is 148 Å². The third-order valence-corrected chi connectivity index (χ3v) is 5.67. The first-order chi connectivity index (χ1) is 11.5. The molecule has 1 aliphatic rings. The predicted molar refractivity (Wildman–Crippen MR) is 98.4 cm³/mol. The van der Waals surface area contributed by atoms with Crippen LogP contribution in [0.2, 0.25) is 0 Å². The van der Waals surface area contributed by atoms with Crippen LogP contribution in [0, 0.1) is 0 Å². The van der Waals surface area contributed by atoms with E-state index >= 15 is 0 Å². The summed E-state index contributed by atoms with van der Waals surface area (Å²) in [6.07, 6.45) is 3.33. The fraction of sp³-hybridized carbons (Fsp3) is 0.474. The van der Waals surface area contributed by atoms with Crippen LogP contribution >= 0.6 is 11.3 Å². The number of thiazole rings is 1. The molecule has 0 N–H and O–H groups in total. The third-order valence-electron chi connectivity index (χ3n) is 4.56. The normalized spacial score (nSPS) is 16.9. The van der Waals surface area contributed by atoms with E-state index in [1.807, 2.05) is 23.3 Å². The average Bonchev–Trinajstić information content (AvgIpc) is 2.96. The minimum Gasteiger partial charge on any atom is -0.348 e. The highest BCUT2D eigenvalue weighted by Crippen LogP contribution is 2.35. The lowest BCUT2D eigenvalue weighted by Gasteiger charge is -2.21. The van der Waals surface area contributed by atoms with Crippen molar-refractivity contribution in [3.8, 4) is 0 Å². The van der Waals surface area contributed by atoms with Gasteiger partial charge in [0.1, 0.15) is 5.01 Å². The van der Waals surface area contributed by atoms with Gasteiger partial charge >= 0.3 is 0 Å². The molecule has 1 heterocycles. The molecule has 0 unspecified atom stereocenters. The number of nitrogens with zero attached hydrogens (tertiary/aromatic N) is 3. The molecule has 4 nitrogen and oxygen atoms in total. The van der Waals surface area contributed by atoms with Crippen LogP contribution in [-0.2, 0) is 24.2 Å². The van der Waals surface area contributed by atoms with Gasteiger partial charge in [0.2, 0.25) is 5.91 Å². The van der Waals surface area contributed by atoms with Gasteiger partial charge < -0.3 is 4.90 Å². The average molecular weight is 343 g/mol. The molecule has 5 heteroatoms. The van der Waals surface area contributed by atoms with E-state index in [0.29, 0.717) is 12.5 Å². The second-order valence-corrected chi connectivity index (χ2v) is 7.96. The van der Waals surface area contributed by atoms with Crippen molar-refractivity contribution >= 4 is 17.2 Å². The van der Waals surface area contributed by atoms with Gasteiger partial charge in [0, 0.05) is 19.0 Å². The molecule has 0 saturated heterocycles. The summed E-state index contributed by atoms with van der Waals surface area (Å²) in [5.41, 5.74) is 2.71. The van der Waals surface area contributed by atoms with Gasteiger partial charge in [-0.15, -0.1) is 11.3 Å². The van der Waals surface area contributed by atoms with E-state index in [0.717, 1.165) is 24.4 Å². The Balaban J connectivity index is 1.64. The van der Waals surface area contributed by atoms with Crippen LogP contribution in [0.5, 0.6) is 0 Å². The Bertz CT molecular complexity index is 696. The first kappa shape index (κ1) is 17.1. The molecule has 0 aliphatic heterocycles. The van der Waals surface area contributed by atoms with Crippen LogP contribution in [0.4, 0.5) is 0 Å². The first-order valence-electron chi connectivity index (χ1n) is 8.44. The van der Waals surface area contributed by atoms with Gasteiger partial charge in [-0.25, -0.2) is 4.98 Å². The Hall–Kier alpha value is -1.72. The second kappa shape index (κ2) is 7.45. The number of rotatable bonds is 5. The zero-order chi connectivity index (χ0) is 17.1. The summed E-state index contributed by atoms with van der Waals surface area (Å²) in [4.78, 5) is 21.7. The standard InChI is InChI=1S/C19H25N3OS/c1-21(2)19(23)13-22(3)12-18-20-16-10-9-15(11-17(16)24-18)14-7-5-4-6-8-14/h4-8,15H,9-13H2,1-3H3/t15-/m0/s1. The Morgan fingerprint density at radius 3 is 2.71 bits per heavy atom. The molecule has 0 fully saturated rings. The highest BCUT2D eigenvalue weighted by Gasteiger charge is 2.24. The highest BCUT2D eigenvalue weighted by atomic mass is 32.1. The first-order valence-corrected chi connectivity index (χ1v) is 9.25. The van der Waals surface area contributed by atoms with E-state index in [-0.39, 0.29) is 5.91 Å².